The molecule has 112 valence electrons. The van der Waals surface area contributed by atoms with Crippen molar-refractivity contribution in [1.82, 2.24) is 0 Å². The fourth-order valence-corrected chi connectivity index (χ4v) is 2.40. The van der Waals surface area contributed by atoms with Crippen molar-refractivity contribution in [2.45, 2.75) is 44.0 Å². The van der Waals surface area contributed by atoms with E-state index < -0.39 is 23.6 Å². The molecule has 1 fully saturated rings. The Kier molecular flexibility index (Phi) is 4.65. The van der Waals surface area contributed by atoms with Crippen LogP contribution in [0.3, 0.4) is 0 Å². The van der Waals surface area contributed by atoms with Crippen molar-refractivity contribution in [2.24, 2.45) is 5.73 Å². The van der Waals surface area contributed by atoms with Crippen molar-refractivity contribution in [2.75, 3.05) is 6.61 Å². The summed E-state index contributed by atoms with van der Waals surface area (Å²) < 4.78 is 56.9. The molecule has 1 aromatic carbocycles. The minimum absolute atomic E-state index is 0.0854. The number of rotatable bonds is 4. The number of nitrogens with two attached hydrogens (primary N) is 1. The average Bonchev–Trinajstić information content (AvgIpc) is 2.88. The van der Waals surface area contributed by atoms with E-state index in [9.17, 15) is 17.6 Å². The number of hydrogen-bond acceptors (Lipinski definition) is 2. The van der Waals surface area contributed by atoms with E-state index in [1.807, 2.05) is 0 Å². The molecular formula is C14H17F4NO. The SMILES string of the molecule is NC(CCC1CCCO1)c1cc(C(F)(F)F)ccc1F. The van der Waals surface area contributed by atoms with Gasteiger partial charge in [-0.25, -0.2) is 4.39 Å². The lowest BCUT2D eigenvalue weighted by Gasteiger charge is -2.17. The maximum absolute atomic E-state index is 13.6. The minimum atomic E-state index is -4.49. The Bertz CT molecular complexity index is 455. The first-order valence-electron chi connectivity index (χ1n) is 6.62. The Balaban J connectivity index is 2.05. The zero-order valence-electron chi connectivity index (χ0n) is 10.9. The molecule has 2 nitrogen and oxygen atoms in total. The van der Waals surface area contributed by atoms with Crippen LogP contribution in [0.2, 0.25) is 0 Å². The predicted octanol–water partition coefficient (Wildman–Crippen LogP) is 3.80. The van der Waals surface area contributed by atoms with Crippen LogP contribution in [-0.2, 0) is 10.9 Å². The van der Waals surface area contributed by atoms with Gasteiger partial charge in [-0.15, -0.1) is 0 Å². The summed E-state index contributed by atoms with van der Waals surface area (Å²) in [6, 6.07) is 1.60. The normalized spacial score (nSPS) is 21.1. The van der Waals surface area contributed by atoms with Gasteiger partial charge in [-0.2, -0.15) is 13.2 Å². The van der Waals surface area contributed by atoms with Gasteiger partial charge >= 0.3 is 6.18 Å². The second kappa shape index (κ2) is 6.10. The monoisotopic (exact) mass is 291 g/mol. The summed E-state index contributed by atoms with van der Waals surface area (Å²) >= 11 is 0. The summed E-state index contributed by atoms with van der Waals surface area (Å²) in [6.07, 6.45) is -1.44. The van der Waals surface area contributed by atoms with Gasteiger partial charge < -0.3 is 10.5 Å². The van der Waals surface area contributed by atoms with Crippen molar-refractivity contribution in [3.8, 4) is 0 Å². The zero-order valence-corrected chi connectivity index (χ0v) is 10.9. The molecule has 0 amide bonds. The number of halogens is 4. The van der Waals surface area contributed by atoms with E-state index in [4.69, 9.17) is 10.5 Å². The molecule has 0 spiro atoms. The van der Waals surface area contributed by atoms with Gasteiger partial charge in [0, 0.05) is 18.2 Å². The molecule has 1 heterocycles. The Morgan fingerprint density at radius 2 is 2.10 bits per heavy atom. The van der Waals surface area contributed by atoms with Crippen LogP contribution in [0.1, 0.15) is 42.9 Å². The highest BCUT2D eigenvalue weighted by atomic mass is 19.4. The molecule has 2 atom stereocenters. The van der Waals surface area contributed by atoms with Gasteiger partial charge in [-0.1, -0.05) is 0 Å². The van der Waals surface area contributed by atoms with Crippen molar-refractivity contribution < 1.29 is 22.3 Å². The van der Waals surface area contributed by atoms with E-state index in [0.29, 0.717) is 19.4 Å². The van der Waals surface area contributed by atoms with Gasteiger partial charge in [0.25, 0.3) is 0 Å². The van der Waals surface area contributed by atoms with Crippen LogP contribution in [0.4, 0.5) is 17.6 Å². The van der Waals surface area contributed by atoms with E-state index in [0.717, 1.165) is 31.0 Å². The molecule has 2 unspecified atom stereocenters. The molecule has 1 aliphatic rings. The van der Waals surface area contributed by atoms with Gasteiger partial charge in [0.15, 0.2) is 0 Å². The Morgan fingerprint density at radius 1 is 1.35 bits per heavy atom. The van der Waals surface area contributed by atoms with Crippen LogP contribution in [0, 0.1) is 5.82 Å². The van der Waals surface area contributed by atoms with Crippen molar-refractivity contribution >= 4 is 0 Å². The number of benzene rings is 1. The van der Waals surface area contributed by atoms with Crippen molar-refractivity contribution in [3.05, 3.63) is 35.1 Å². The van der Waals surface area contributed by atoms with E-state index in [1.165, 1.54) is 0 Å². The molecule has 20 heavy (non-hydrogen) atoms. The first-order valence-corrected chi connectivity index (χ1v) is 6.62. The van der Waals surface area contributed by atoms with Crippen LogP contribution >= 0.6 is 0 Å². The summed E-state index contributed by atoms with van der Waals surface area (Å²) in [5.41, 5.74) is 4.86. The van der Waals surface area contributed by atoms with E-state index in [-0.39, 0.29) is 11.7 Å². The predicted molar refractivity (Wildman–Crippen MR) is 66.5 cm³/mol. The minimum Gasteiger partial charge on any atom is -0.378 e. The molecule has 2 N–H and O–H groups in total. The number of alkyl halides is 3. The van der Waals surface area contributed by atoms with Crippen LogP contribution in [0.25, 0.3) is 0 Å². The van der Waals surface area contributed by atoms with E-state index in [2.05, 4.69) is 0 Å². The molecule has 0 radical (unpaired) electrons. The smallest absolute Gasteiger partial charge is 0.378 e. The van der Waals surface area contributed by atoms with Crippen LogP contribution in [0.15, 0.2) is 18.2 Å². The number of ether oxygens (including phenoxy) is 1. The van der Waals surface area contributed by atoms with Crippen molar-refractivity contribution in [3.63, 3.8) is 0 Å². The second-order valence-corrected chi connectivity index (χ2v) is 5.05. The summed E-state index contributed by atoms with van der Waals surface area (Å²) in [7, 11) is 0. The fourth-order valence-electron chi connectivity index (χ4n) is 2.40. The third-order valence-corrected chi connectivity index (χ3v) is 3.55. The summed E-state index contributed by atoms with van der Waals surface area (Å²) in [5, 5.41) is 0. The molecule has 1 saturated heterocycles. The first kappa shape index (κ1) is 15.3. The Labute approximate surface area is 114 Å². The maximum Gasteiger partial charge on any atom is 0.416 e. The molecule has 1 aliphatic heterocycles. The molecular weight excluding hydrogens is 274 g/mol. The van der Waals surface area contributed by atoms with Gasteiger partial charge in [-0.3, -0.25) is 0 Å². The maximum atomic E-state index is 13.6. The van der Waals surface area contributed by atoms with Gasteiger partial charge in [0.05, 0.1) is 11.7 Å². The molecule has 0 aromatic heterocycles. The number of hydrogen-bond donors (Lipinski definition) is 1. The van der Waals surface area contributed by atoms with Crippen LogP contribution in [0.5, 0.6) is 0 Å². The highest BCUT2D eigenvalue weighted by molar-refractivity contribution is 5.29. The second-order valence-electron chi connectivity index (χ2n) is 5.05. The quantitative estimate of drug-likeness (QED) is 0.856. The van der Waals surface area contributed by atoms with Crippen molar-refractivity contribution in [1.29, 1.82) is 0 Å². The summed E-state index contributed by atoms with van der Waals surface area (Å²) in [4.78, 5) is 0. The Morgan fingerprint density at radius 3 is 2.70 bits per heavy atom. The third kappa shape index (κ3) is 3.70. The largest absolute Gasteiger partial charge is 0.416 e. The molecule has 6 heteroatoms. The standard InChI is InChI=1S/C14H17F4NO/c15-12-5-3-9(14(16,17)18)8-11(12)13(19)6-4-10-2-1-7-20-10/h3,5,8,10,13H,1-2,4,6-7,19H2. The lowest BCUT2D eigenvalue weighted by Crippen LogP contribution is -2.17. The molecule has 1 aromatic rings. The van der Waals surface area contributed by atoms with E-state index >= 15 is 0 Å². The van der Waals surface area contributed by atoms with Crippen LogP contribution < -0.4 is 5.73 Å². The van der Waals surface area contributed by atoms with Gasteiger partial charge in [-0.05, 0) is 43.9 Å². The summed E-state index contributed by atoms with van der Waals surface area (Å²) in [6.45, 7) is 0.706. The topological polar surface area (TPSA) is 35.2 Å². The average molecular weight is 291 g/mol. The molecule has 0 saturated carbocycles. The molecule has 0 bridgehead atoms. The highest BCUT2D eigenvalue weighted by Gasteiger charge is 2.31. The van der Waals surface area contributed by atoms with E-state index in [1.54, 1.807) is 0 Å². The highest BCUT2D eigenvalue weighted by Crippen LogP contribution is 2.32. The Hall–Kier alpha value is -1.14. The lowest BCUT2D eigenvalue weighted by molar-refractivity contribution is -0.137. The van der Waals surface area contributed by atoms with Crippen LogP contribution in [-0.4, -0.2) is 12.7 Å². The first-order chi connectivity index (χ1) is 9.38. The molecule has 0 aliphatic carbocycles. The van der Waals surface area contributed by atoms with Gasteiger partial charge in [0.2, 0.25) is 0 Å². The third-order valence-electron chi connectivity index (χ3n) is 3.55. The fraction of sp³-hybridized carbons (Fsp3) is 0.571. The van der Waals surface area contributed by atoms with Gasteiger partial charge in [0.1, 0.15) is 5.82 Å². The summed E-state index contributed by atoms with van der Waals surface area (Å²) in [5.74, 6) is -0.696. The zero-order chi connectivity index (χ0) is 14.8. The molecule has 2 rings (SSSR count). The lowest BCUT2D eigenvalue weighted by atomic mass is 9.98.